The highest BCUT2D eigenvalue weighted by atomic mass is 35.5. The first-order valence-electron chi connectivity index (χ1n) is 10.5. The number of fused-ring (bicyclic) bond motifs is 3. The number of benzene rings is 3. The number of methoxy groups -OCH3 is 1. The predicted octanol–water partition coefficient (Wildman–Crippen LogP) is 5.08. The molecule has 1 amide bonds. The third kappa shape index (κ3) is 3.84. The molecule has 4 aromatic rings. The van der Waals surface area contributed by atoms with E-state index in [0.29, 0.717) is 23.6 Å². The van der Waals surface area contributed by atoms with Crippen LogP contribution in [0.5, 0.6) is 5.75 Å². The Morgan fingerprint density at radius 3 is 2.62 bits per heavy atom. The molecule has 3 aromatic carbocycles. The summed E-state index contributed by atoms with van der Waals surface area (Å²) in [6.45, 7) is 0.153. The lowest BCUT2D eigenvalue weighted by Crippen LogP contribution is -2.31. The lowest BCUT2D eigenvalue weighted by molar-refractivity contribution is -0.117. The number of ether oxygens (including phenoxy) is 1. The summed E-state index contributed by atoms with van der Waals surface area (Å²) in [7, 11) is 1.60. The van der Waals surface area contributed by atoms with Crippen LogP contribution in [0.2, 0.25) is 0 Å². The summed E-state index contributed by atoms with van der Waals surface area (Å²) in [6, 6.07) is 19.0. The molecule has 0 unspecified atom stereocenters. The number of rotatable bonds is 5. The van der Waals surface area contributed by atoms with Crippen LogP contribution in [0.4, 0.5) is 10.1 Å². The van der Waals surface area contributed by atoms with Gasteiger partial charge < -0.3 is 14.6 Å². The molecule has 0 aliphatic carbocycles. The number of aromatic amines is 1. The van der Waals surface area contributed by atoms with Gasteiger partial charge in [-0.15, -0.1) is 0 Å². The maximum Gasteiger partial charge on any atom is 0.252 e. The second-order valence-electron chi connectivity index (χ2n) is 7.86. The molecule has 0 bridgehead atoms. The molecule has 1 aromatic heterocycles. The van der Waals surface area contributed by atoms with Gasteiger partial charge in [0.15, 0.2) is 0 Å². The molecule has 0 spiro atoms. The van der Waals surface area contributed by atoms with Gasteiger partial charge in [-0.25, -0.2) is 4.39 Å². The molecule has 170 valence electrons. The number of nitrogens with zero attached hydrogens (tertiary/aromatic N) is 2. The fraction of sp³-hybridized carbons (Fsp3) is 0.115. The number of H-pyrrole nitrogens is 1. The van der Waals surface area contributed by atoms with E-state index in [1.807, 2.05) is 48.5 Å². The fourth-order valence-corrected chi connectivity index (χ4v) is 4.26. The SMILES string of the molecule is COc1ccc(CN2C(=O)CN=C(c3ccc(C(=O)Cl)cc3F)c3[nH]c4ccccc4c32)cc1. The number of hydrogen-bond acceptors (Lipinski definition) is 4. The van der Waals surface area contributed by atoms with Crippen molar-refractivity contribution >= 4 is 45.1 Å². The Balaban J connectivity index is 1.66. The second-order valence-corrected chi connectivity index (χ2v) is 8.20. The fourth-order valence-electron chi connectivity index (χ4n) is 4.14. The Labute approximate surface area is 199 Å². The van der Waals surface area contributed by atoms with E-state index in [-0.39, 0.29) is 23.6 Å². The largest absolute Gasteiger partial charge is 0.497 e. The van der Waals surface area contributed by atoms with Crippen molar-refractivity contribution < 1.29 is 18.7 Å². The normalized spacial score (nSPS) is 13.4. The number of aliphatic imine (C=N–C) groups is 1. The Morgan fingerprint density at radius 1 is 1.15 bits per heavy atom. The molecule has 1 N–H and O–H groups in total. The van der Waals surface area contributed by atoms with Crippen molar-refractivity contribution in [1.29, 1.82) is 0 Å². The van der Waals surface area contributed by atoms with Crippen molar-refractivity contribution in [2.24, 2.45) is 4.99 Å². The second kappa shape index (κ2) is 8.76. The zero-order valence-electron chi connectivity index (χ0n) is 18.1. The summed E-state index contributed by atoms with van der Waals surface area (Å²) in [6.07, 6.45) is 0. The number of hydrogen-bond donors (Lipinski definition) is 1. The molecule has 0 atom stereocenters. The number of nitrogens with one attached hydrogen (secondary N) is 1. The van der Waals surface area contributed by atoms with Gasteiger partial charge in [-0.05, 0) is 53.6 Å². The minimum atomic E-state index is -0.750. The third-order valence-electron chi connectivity index (χ3n) is 5.81. The maximum atomic E-state index is 15.1. The van der Waals surface area contributed by atoms with Crippen LogP contribution < -0.4 is 9.64 Å². The van der Waals surface area contributed by atoms with Crippen molar-refractivity contribution in [3.63, 3.8) is 0 Å². The van der Waals surface area contributed by atoms with Gasteiger partial charge >= 0.3 is 0 Å². The van der Waals surface area contributed by atoms with E-state index in [4.69, 9.17) is 16.3 Å². The van der Waals surface area contributed by atoms with Crippen LogP contribution in [-0.4, -0.2) is 35.5 Å². The Kier molecular flexibility index (Phi) is 5.63. The van der Waals surface area contributed by atoms with Crippen molar-refractivity contribution in [3.8, 4) is 5.75 Å². The minimum absolute atomic E-state index is 0.0474. The Hall–Kier alpha value is -3.97. The average Bonchev–Trinajstić information content (AvgIpc) is 3.16. The van der Waals surface area contributed by atoms with Crippen LogP contribution in [0.3, 0.4) is 0 Å². The minimum Gasteiger partial charge on any atom is -0.497 e. The van der Waals surface area contributed by atoms with Crippen molar-refractivity contribution in [1.82, 2.24) is 4.98 Å². The topological polar surface area (TPSA) is 74.8 Å². The molecule has 0 fully saturated rings. The molecule has 0 radical (unpaired) electrons. The summed E-state index contributed by atoms with van der Waals surface area (Å²) in [5, 5.41) is 0.0716. The van der Waals surface area contributed by atoms with E-state index in [1.165, 1.54) is 12.1 Å². The highest BCUT2D eigenvalue weighted by Gasteiger charge is 2.30. The predicted molar refractivity (Wildman–Crippen MR) is 130 cm³/mol. The summed E-state index contributed by atoms with van der Waals surface area (Å²) in [5.74, 6) is -0.144. The van der Waals surface area contributed by atoms with Crippen LogP contribution in [0.15, 0.2) is 71.7 Å². The zero-order valence-corrected chi connectivity index (χ0v) is 18.9. The monoisotopic (exact) mass is 475 g/mol. The van der Waals surface area contributed by atoms with Gasteiger partial charge in [-0.3, -0.25) is 14.6 Å². The van der Waals surface area contributed by atoms with Gasteiger partial charge in [0.1, 0.15) is 18.1 Å². The zero-order chi connectivity index (χ0) is 23.8. The number of amides is 1. The lowest BCUT2D eigenvalue weighted by Gasteiger charge is -2.22. The van der Waals surface area contributed by atoms with E-state index < -0.39 is 11.1 Å². The molecule has 0 saturated carbocycles. The lowest BCUT2D eigenvalue weighted by atomic mass is 10.0. The molecular formula is C26H19ClFN3O3. The molecular weight excluding hydrogens is 457 g/mol. The smallest absolute Gasteiger partial charge is 0.252 e. The van der Waals surface area contributed by atoms with Gasteiger partial charge in [0.2, 0.25) is 5.91 Å². The molecule has 1 aliphatic rings. The van der Waals surface area contributed by atoms with E-state index in [9.17, 15) is 9.59 Å². The van der Waals surface area contributed by atoms with Crippen LogP contribution in [0.1, 0.15) is 27.2 Å². The standard InChI is InChI=1S/C26H19ClFN3O3/c1-34-17-9-6-15(7-10-17)14-31-22(32)13-29-23(18-11-8-16(26(27)33)12-20(18)28)24-25(31)19-4-2-3-5-21(19)30-24/h2-12,30H,13-14H2,1H3. The first kappa shape index (κ1) is 21.9. The molecule has 34 heavy (non-hydrogen) atoms. The first-order chi connectivity index (χ1) is 16.5. The van der Waals surface area contributed by atoms with Crippen molar-refractivity contribution in [2.45, 2.75) is 6.54 Å². The highest BCUT2D eigenvalue weighted by Crippen LogP contribution is 2.36. The van der Waals surface area contributed by atoms with Crippen molar-refractivity contribution in [3.05, 3.63) is 94.9 Å². The molecule has 2 heterocycles. The van der Waals surface area contributed by atoms with Crippen LogP contribution >= 0.6 is 11.6 Å². The van der Waals surface area contributed by atoms with Gasteiger partial charge in [0, 0.05) is 22.0 Å². The van der Waals surface area contributed by atoms with Crippen LogP contribution in [-0.2, 0) is 11.3 Å². The quantitative estimate of drug-likeness (QED) is 0.409. The average molecular weight is 476 g/mol. The summed E-state index contributed by atoms with van der Waals surface area (Å²) < 4.78 is 20.3. The molecule has 6 nitrogen and oxygen atoms in total. The molecule has 0 saturated heterocycles. The first-order valence-corrected chi connectivity index (χ1v) is 10.9. The van der Waals surface area contributed by atoms with Gasteiger partial charge in [0.05, 0.1) is 30.7 Å². The number of aromatic nitrogens is 1. The van der Waals surface area contributed by atoms with E-state index in [0.717, 1.165) is 28.3 Å². The van der Waals surface area contributed by atoms with Gasteiger partial charge in [-0.1, -0.05) is 30.3 Å². The molecule has 1 aliphatic heterocycles. The number of para-hydroxylation sites is 1. The third-order valence-corrected chi connectivity index (χ3v) is 6.03. The van der Waals surface area contributed by atoms with Crippen LogP contribution in [0, 0.1) is 5.82 Å². The number of halogens is 2. The summed E-state index contributed by atoms with van der Waals surface area (Å²) in [4.78, 5) is 34.2. The molecule has 5 rings (SSSR count). The summed E-state index contributed by atoms with van der Waals surface area (Å²) in [5.41, 5.74) is 3.39. The number of carbonyl (C=O) groups is 2. The van der Waals surface area contributed by atoms with E-state index in [2.05, 4.69) is 9.98 Å². The summed E-state index contributed by atoms with van der Waals surface area (Å²) >= 11 is 5.51. The van der Waals surface area contributed by atoms with Crippen molar-refractivity contribution in [2.75, 3.05) is 18.6 Å². The molecule has 8 heteroatoms. The Morgan fingerprint density at radius 2 is 1.91 bits per heavy atom. The van der Waals surface area contributed by atoms with Gasteiger partial charge in [0.25, 0.3) is 5.24 Å². The van der Waals surface area contributed by atoms with E-state index in [1.54, 1.807) is 12.0 Å². The Bertz CT molecular complexity index is 1460. The number of anilines is 1. The maximum absolute atomic E-state index is 15.1. The van der Waals surface area contributed by atoms with Gasteiger partial charge in [-0.2, -0.15) is 0 Å². The van der Waals surface area contributed by atoms with E-state index >= 15 is 4.39 Å². The van der Waals surface area contributed by atoms with Crippen LogP contribution in [0.25, 0.3) is 10.9 Å². The number of carbonyl (C=O) groups excluding carboxylic acids is 2. The highest BCUT2D eigenvalue weighted by molar-refractivity contribution is 6.67.